The Kier molecular flexibility index (Phi) is 7.01. The smallest absolute Gasteiger partial charge is 0.322 e. The van der Waals surface area contributed by atoms with Crippen molar-refractivity contribution in [1.82, 2.24) is 9.62 Å². The third kappa shape index (κ3) is 4.80. The summed E-state index contributed by atoms with van der Waals surface area (Å²) in [5, 5.41) is 20.1. The maximum absolute atomic E-state index is 13.1. The molecule has 0 aromatic heterocycles. The first-order valence-electron chi connectivity index (χ1n) is 8.41. The van der Waals surface area contributed by atoms with Gasteiger partial charge in [-0.2, -0.15) is 4.31 Å². The van der Waals surface area contributed by atoms with E-state index in [9.17, 15) is 31.2 Å². The number of carboxylic acids is 2. The van der Waals surface area contributed by atoms with Gasteiger partial charge in [-0.3, -0.25) is 9.59 Å². The number of carbonyl (C=O) groups is 2. The number of carboxylic acid groups (broad SMARTS) is 2. The molecule has 2 atom stereocenters. The summed E-state index contributed by atoms with van der Waals surface area (Å²) in [5.41, 5.74) is 0. The summed E-state index contributed by atoms with van der Waals surface area (Å²) in [7, 11) is -4.39. The molecular weight excluding hydrogens is 405 g/mol. The molecule has 28 heavy (non-hydrogen) atoms. The molecule has 2 aliphatic heterocycles. The van der Waals surface area contributed by atoms with Gasteiger partial charge in [0.2, 0.25) is 10.0 Å². The lowest BCUT2D eigenvalue weighted by Crippen LogP contribution is -2.40. The first kappa shape index (κ1) is 22.1. The van der Waals surface area contributed by atoms with Crippen LogP contribution in [0.25, 0.3) is 0 Å². The predicted molar refractivity (Wildman–Crippen MR) is 89.5 cm³/mol. The summed E-state index contributed by atoms with van der Waals surface area (Å²) in [4.78, 5) is 20.3. The van der Waals surface area contributed by atoms with Crippen LogP contribution in [0.2, 0.25) is 0 Å². The fraction of sp³-hybridized carbons (Fsp3) is 0.500. The van der Waals surface area contributed by atoms with Gasteiger partial charge in [0.25, 0.3) is 0 Å². The fourth-order valence-corrected chi connectivity index (χ4v) is 4.66. The second-order valence-corrected chi connectivity index (χ2v) is 8.19. The SMILES string of the molecule is O=C(O)[C@@H]1CCCN1.O=C(O)[C@@H]1CCCN1S(=O)(=O)c1cc(F)c(F)c(F)c1. The summed E-state index contributed by atoms with van der Waals surface area (Å²) in [6.45, 7) is 0.789. The van der Waals surface area contributed by atoms with E-state index in [2.05, 4.69) is 5.32 Å². The van der Waals surface area contributed by atoms with Gasteiger partial charge in [0.15, 0.2) is 17.5 Å². The maximum Gasteiger partial charge on any atom is 0.322 e. The molecule has 0 radical (unpaired) electrons. The van der Waals surface area contributed by atoms with Gasteiger partial charge in [-0.15, -0.1) is 0 Å². The molecule has 2 heterocycles. The average molecular weight is 424 g/mol. The Bertz CT molecular complexity index is 835. The van der Waals surface area contributed by atoms with E-state index < -0.39 is 50.4 Å². The Morgan fingerprint density at radius 1 is 1.04 bits per heavy atom. The molecule has 3 rings (SSSR count). The van der Waals surface area contributed by atoms with Gasteiger partial charge >= 0.3 is 11.9 Å². The molecule has 0 saturated carbocycles. The third-order valence-electron chi connectivity index (χ3n) is 4.41. The summed E-state index contributed by atoms with van der Waals surface area (Å²) < 4.78 is 64.0. The number of aliphatic carboxylic acids is 2. The molecule has 0 bridgehead atoms. The van der Waals surface area contributed by atoms with Crippen LogP contribution in [0.1, 0.15) is 25.7 Å². The molecule has 0 aliphatic carbocycles. The van der Waals surface area contributed by atoms with Crippen LogP contribution in [-0.4, -0.2) is 60.0 Å². The molecule has 156 valence electrons. The van der Waals surface area contributed by atoms with Crippen LogP contribution < -0.4 is 5.32 Å². The topological polar surface area (TPSA) is 124 Å². The van der Waals surface area contributed by atoms with Crippen LogP contribution in [0, 0.1) is 17.5 Å². The number of nitrogens with zero attached hydrogens (tertiary/aromatic N) is 1. The molecule has 0 spiro atoms. The van der Waals surface area contributed by atoms with E-state index in [1.54, 1.807) is 0 Å². The molecule has 3 N–H and O–H groups in total. The largest absolute Gasteiger partial charge is 0.480 e. The number of halogens is 3. The van der Waals surface area contributed by atoms with Crippen molar-refractivity contribution >= 4 is 22.0 Å². The minimum atomic E-state index is -4.39. The van der Waals surface area contributed by atoms with Crippen LogP contribution in [-0.2, 0) is 19.6 Å². The Morgan fingerprint density at radius 2 is 1.64 bits per heavy atom. The van der Waals surface area contributed by atoms with Crippen LogP contribution in [0.15, 0.2) is 17.0 Å². The first-order chi connectivity index (χ1) is 13.1. The molecular formula is C16H19F3N2O6S. The second kappa shape index (κ2) is 8.88. The zero-order valence-corrected chi connectivity index (χ0v) is 15.4. The van der Waals surface area contributed by atoms with Gasteiger partial charge in [-0.25, -0.2) is 21.6 Å². The third-order valence-corrected chi connectivity index (χ3v) is 6.30. The number of nitrogens with one attached hydrogen (secondary N) is 1. The van der Waals surface area contributed by atoms with Crippen molar-refractivity contribution in [3.8, 4) is 0 Å². The van der Waals surface area contributed by atoms with Crippen molar-refractivity contribution in [2.45, 2.75) is 42.7 Å². The van der Waals surface area contributed by atoms with Crippen molar-refractivity contribution in [3.05, 3.63) is 29.6 Å². The van der Waals surface area contributed by atoms with E-state index in [0.717, 1.165) is 19.4 Å². The number of hydrogen-bond donors (Lipinski definition) is 3. The Morgan fingerprint density at radius 3 is 2.07 bits per heavy atom. The lowest BCUT2D eigenvalue weighted by Gasteiger charge is -2.21. The summed E-state index contributed by atoms with van der Waals surface area (Å²) >= 11 is 0. The lowest BCUT2D eigenvalue weighted by molar-refractivity contribution is -0.141. The van der Waals surface area contributed by atoms with E-state index in [4.69, 9.17) is 10.2 Å². The maximum atomic E-state index is 13.1. The van der Waals surface area contributed by atoms with Gasteiger partial charge in [0.05, 0.1) is 4.90 Å². The van der Waals surface area contributed by atoms with Gasteiger partial charge < -0.3 is 15.5 Å². The van der Waals surface area contributed by atoms with Gasteiger partial charge in [-0.05, 0) is 44.4 Å². The summed E-state index contributed by atoms with van der Waals surface area (Å²) in [6.07, 6.45) is 2.22. The molecule has 1 aromatic carbocycles. The highest BCUT2D eigenvalue weighted by atomic mass is 32.2. The Labute approximate surface area is 159 Å². The molecule has 12 heteroatoms. The van der Waals surface area contributed by atoms with Crippen LogP contribution in [0.3, 0.4) is 0 Å². The minimum Gasteiger partial charge on any atom is -0.480 e. The van der Waals surface area contributed by atoms with Crippen molar-refractivity contribution in [2.75, 3.05) is 13.1 Å². The molecule has 0 unspecified atom stereocenters. The lowest BCUT2D eigenvalue weighted by atomic mass is 10.2. The standard InChI is InChI=1S/C11H10F3NO4S.C5H9NO2/c12-7-4-6(5-8(13)10(7)14)20(18,19)15-3-1-2-9(15)11(16)17;7-5(8)4-2-1-3-6-4/h4-5,9H,1-3H2,(H,16,17);4,6H,1-3H2,(H,7,8)/t9-;4-/m00/s1. The van der Waals surface area contributed by atoms with Crippen LogP contribution >= 0.6 is 0 Å². The second-order valence-electron chi connectivity index (χ2n) is 6.30. The normalized spacial score (nSPS) is 22.5. The Hall–Kier alpha value is -2.18. The molecule has 8 nitrogen and oxygen atoms in total. The molecule has 1 aromatic rings. The predicted octanol–water partition coefficient (Wildman–Crippen LogP) is 1.16. The van der Waals surface area contributed by atoms with E-state index in [-0.39, 0.29) is 19.0 Å². The summed E-state index contributed by atoms with van der Waals surface area (Å²) in [6, 6.07) is -0.873. The monoisotopic (exact) mass is 424 g/mol. The van der Waals surface area contributed by atoms with Crippen molar-refractivity contribution in [1.29, 1.82) is 0 Å². The molecule has 2 saturated heterocycles. The van der Waals surface area contributed by atoms with Crippen molar-refractivity contribution < 1.29 is 41.4 Å². The quantitative estimate of drug-likeness (QED) is 0.620. The van der Waals surface area contributed by atoms with E-state index in [0.29, 0.717) is 22.9 Å². The van der Waals surface area contributed by atoms with Gasteiger partial charge in [-0.1, -0.05) is 0 Å². The molecule has 0 amide bonds. The van der Waals surface area contributed by atoms with E-state index >= 15 is 0 Å². The van der Waals surface area contributed by atoms with Gasteiger partial charge in [0, 0.05) is 6.54 Å². The van der Waals surface area contributed by atoms with Gasteiger partial charge in [0.1, 0.15) is 12.1 Å². The number of sulfonamides is 1. The van der Waals surface area contributed by atoms with Crippen LogP contribution in [0.4, 0.5) is 13.2 Å². The highest BCUT2D eigenvalue weighted by molar-refractivity contribution is 7.89. The van der Waals surface area contributed by atoms with E-state index in [1.807, 2.05) is 0 Å². The Balaban J connectivity index is 0.000000292. The average Bonchev–Trinajstić information content (AvgIpc) is 3.31. The zero-order chi connectivity index (χ0) is 21.1. The fourth-order valence-electron chi connectivity index (χ4n) is 2.99. The summed E-state index contributed by atoms with van der Waals surface area (Å²) in [5.74, 6) is -7.12. The number of benzene rings is 1. The number of rotatable bonds is 4. The number of hydrogen-bond acceptors (Lipinski definition) is 5. The zero-order valence-electron chi connectivity index (χ0n) is 14.6. The highest BCUT2D eigenvalue weighted by Gasteiger charge is 2.40. The molecule has 2 fully saturated rings. The van der Waals surface area contributed by atoms with Crippen molar-refractivity contribution in [2.24, 2.45) is 0 Å². The van der Waals surface area contributed by atoms with E-state index in [1.165, 1.54) is 0 Å². The first-order valence-corrected chi connectivity index (χ1v) is 9.85. The van der Waals surface area contributed by atoms with Crippen molar-refractivity contribution in [3.63, 3.8) is 0 Å². The highest BCUT2D eigenvalue weighted by Crippen LogP contribution is 2.27. The van der Waals surface area contributed by atoms with Crippen LogP contribution in [0.5, 0.6) is 0 Å². The minimum absolute atomic E-state index is 0.0695. The molecule has 2 aliphatic rings.